The zero-order chi connectivity index (χ0) is 13.7. The van der Waals surface area contributed by atoms with Crippen molar-refractivity contribution in [1.29, 1.82) is 0 Å². The molecule has 2 N–H and O–H groups in total. The van der Waals surface area contributed by atoms with Crippen LogP contribution < -0.4 is 5.73 Å². The summed E-state index contributed by atoms with van der Waals surface area (Å²) in [6.07, 6.45) is 12.6. The average Bonchev–Trinajstić information content (AvgIpc) is 2.67. The molecule has 0 aromatic heterocycles. The summed E-state index contributed by atoms with van der Waals surface area (Å²) in [6, 6.07) is 0. The fraction of sp³-hybridized carbons (Fsp3) is 1.00. The van der Waals surface area contributed by atoms with Gasteiger partial charge in [-0.05, 0) is 57.0 Å². The second-order valence-electron chi connectivity index (χ2n) is 7.42. The number of nitrogens with two attached hydrogens (primary N) is 1. The summed E-state index contributed by atoms with van der Waals surface area (Å²) in [5.41, 5.74) is 6.62. The highest BCUT2D eigenvalue weighted by molar-refractivity contribution is 4.97. The van der Waals surface area contributed by atoms with E-state index >= 15 is 0 Å². The Labute approximate surface area is 120 Å². The minimum absolute atomic E-state index is 0.349. The lowest BCUT2D eigenvalue weighted by Crippen LogP contribution is -2.56. The SMILES string of the molecule is CC(C)CC1CCCC(CN)(N2CCCCCC2)C1. The van der Waals surface area contributed by atoms with Crippen molar-refractivity contribution in [2.24, 2.45) is 17.6 Å². The molecule has 0 aromatic carbocycles. The van der Waals surface area contributed by atoms with Gasteiger partial charge in [0, 0.05) is 12.1 Å². The molecule has 2 unspecified atom stereocenters. The maximum atomic E-state index is 6.27. The zero-order valence-electron chi connectivity index (χ0n) is 13.2. The van der Waals surface area contributed by atoms with Gasteiger partial charge in [-0.3, -0.25) is 4.90 Å². The fourth-order valence-electron chi connectivity index (χ4n) is 4.48. The highest BCUT2D eigenvalue weighted by Crippen LogP contribution is 2.39. The summed E-state index contributed by atoms with van der Waals surface area (Å²) < 4.78 is 0. The molecule has 19 heavy (non-hydrogen) atoms. The Morgan fingerprint density at radius 1 is 1.11 bits per heavy atom. The average molecular weight is 266 g/mol. The molecule has 1 saturated heterocycles. The molecule has 112 valence electrons. The van der Waals surface area contributed by atoms with Crippen LogP contribution in [0, 0.1) is 11.8 Å². The van der Waals surface area contributed by atoms with Crippen molar-refractivity contribution < 1.29 is 0 Å². The third-order valence-corrected chi connectivity index (χ3v) is 5.38. The number of nitrogens with zero attached hydrogens (tertiary/aromatic N) is 1. The highest BCUT2D eigenvalue weighted by Gasteiger charge is 2.40. The highest BCUT2D eigenvalue weighted by atomic mass is 15.2. The van der Waals surface area contributed by atoms with Gasteiger partial charge in [0.1, 0.15) is 0 Å². The summed E-state index contributed by atoms with van der Waals surface area (Å²) in [5.74, 6) is 1.75. The first-order chi connectivity index (χ1) is 9.16. The lowest BCUT2D eigenvalue weighted by atomic mass is 9.72. The van der Waals surface area contributed by atoms with Crippen LogP contribution in [0.1, 0.15) is 71.6 Å². The Kier molecular flexibility index (Phi) is 5.70. The predicted octanol–water partition coefficient (Wildman–Crippen LogP) is 3.80. The number of likely N-dealkylation sites (tertiary alicyclic amines) is 1. The van der Waals surface area contributed by atoms with Gasteiger partial charge in [-0.25, -0.2) is 0 Å². The Hall–Kier alpha value is -0.0800. The molecule has 1 aliphatic carbocycles. The van der Waals surface area contributed by atoms with Crippen LogP contribution in [-0.4, -0.2) is 30.1 Å². The molecular formula is C17H34N2. The minimum Gasteiger partial charge on any atom is -0.329 e. The standard InChI is InChI=1S/C17H34N2/c1-15(2)12-16-8-7-9-17(13-16,14-18)19-10-5-3-4-6-11-19/h15-16H,3-14,18H2,1-2H3. The van der Waals surface area contributed by atoms with Crippen molar-refractivity contribution in [3.8, 4) is 0 Å². The van der Waals surface area contributed by atoms with Crippen molar-refractivity contribution >= 4 is 0 Å². The lowest BCUT2D eigenvalue weighted by molar-refractivity contribution is 0.0337. The number of hydrogen-bond donors (Lipinski definition) is 1. The van der Waals surface area contributed by atoms with Crippen molar-refractivity contribution in [2.75, 3.05) is 19.6 Å². The van der Waals surface area contributed by atoms with Crippen LogP contribution in [0.2, 0.25) is 0 Å². The van der Waals surface area contributed by atoms with Crippen LogP contribution in [0.25, 0.3) is 0 Å². The molecule has 0 bridgehead atoms. The van der Waals surface area contributed by atoms with E-state index in [9.17, 15) is 0 Å². The van der Waals surface area contributed by atoms with Gasteiger partial charge in [0.2, 0.25) is 0 Å². The predicted molar refractivity (Wildman–Crippen MR) is 83.2 cm³/mol. The molecule has 1 saturated carbocycles. The molecule has 2 heteroatoms. The van der Waals surface area contributed by atoms with Gasteiger partial charge in [0.05, 0.1) is 0 Å². The van der Waals surface area contributed by atoms with Gasteiger partial charge >= 0.3 is 0 Å². The van der Waals surface area contributed by atoms with E-state index in [1.807, 2.05) is 0 Å². The van der Waals surface area contributed by atoms with E-state index in [0.29, 0.717) is 5.54 Å². The fourth-order valence-corrected chi connectivity index (χ4v) is 4.48. The quantitative estimate of drug-likeness (QED) is 0.838. The van der Waals surface area contributed by atoms with Gasteiger partial charge < -0.3 is 5.73 Å². The van der Waals surface area contributed by atoms with E-state index in [-0.39, 0.29) is 0 Å². The molecule has 0 aromatic rings. The normalized spacial score (nSPS) is 34.4. The van der Waals surface area contributed by atoms with E-state index in [4.69, 9.17) is 5.73 Å². The molecule has 2 aliphatic rings. The first-order valence-corrected chi connectivity index (χ1v) is 8.61. The van der Waals surface area contributed by atoms with Crippen molar-refractivity contribution in [3.63, 3.8) is 0 Å². The van der Waals surface area contributed by atoms with Crippen LogP contribution in [0.15, 0.2) is 0 Å². The van der Waals surface area contributed by atoms with E-state index in [2.05, 4.69) is 18.7 Å². The monoisotopic (exact) mass is 266 g/mol. The molecule has 2 rings (SSSR count). The summed E-state index contributed by atoms with van der Waals surface area (Å²) in [7, 11) is 0. The second-order valence-corrected chi connectivity index (χ2v) is 7.42. The van der Waals surface area contributed by atoms with Gasteiger partial charge in [-0.2, -0.15) is 0 Å². The molecule has 0 amide bonds. The molecule has 0 spiro atoms. The largest absolute Gasteiger partial charge is 0.329 e. The van der Waals surface area contributed by atoms with Crippen molar-refractivity contribution in [1.82, 2.24) is 4.90 Å². The molecule has 1 aliphatic heterocycles. The lowest BCUT2D eigenvalue weighted by Gasteiger charge is -2.48. The Morgan fingerprint density at radius 2 is 1.79 bits per heavy atom. The Balaban J connectivity index is 2.02. The van der Waals surface area contributed by atoms with Crippen LogP contribution in [0.5, 0.6) is 0 Å². The maximum Gasteiger partial charge on any atom is 0.0334 e. The van der Waals surface area contributed by atoms with Crippen molar-refractivity contribution in [2.45, 2.75) is 77.2 Å². The van der Waals surface area contributed by atoms with Crippen LogP contribution >= 0.6 is 0 Å². The molecule has 2 nitrogen and oxygen atoms in total. The van der Waals surface area contributed by atoms with Gasteiger partial charge in [0.15, 0.2) is 0 Å². The van der Waals surface area contributed by atoms with Gasteiger partial charge in [0.25, 0.3) is 0 Å². The molecular weight excluding hydrogens is 232 g/mol. The second kappa shape index (κ2) is 7.08. The zero-order valence-corrected chi connectivity index (χ0v) is 13.2. The maximum absolute atomic E-state index is 6.27. The smallest absolute Gasteiger partial charge is 0.0334 e. The molecule has 0 radical (unpaired) electrons. The summed E-state index contributed by atoms with van der Waals surface area (Å²) in [5, 5.41) is 0. The first-order valence-electron chi connectivity index (χ1n) is 8.61. The summed E-state index contributed by atoms with van der Waals surface area (Å²) >= 11 is 0. The number of rotatable bonds is 4. The summed E-state index contributed by atoms with van der Waals surface area (Å²) in [4.78, 5) is 2.78. The summed E-state index contributed by atoms with van der Waals surface area (Å²) in [6.45, 7) is 8.20. The number of hydrogen-bond acceptors (Lipinski definition) is 2. The van der Waals surface area contributed by atoms with E-state index < -0.39 is 0 Å². The van der Waals surface area contributed by atoms with Crippen LogP contribution in [0.4, 0.5) is 0 Å². The molecule has 2 fully saturated rings. The Morgan fingerprint density at radius 3 is 2.37 bits per heavy atom. The van der Waals surface area contributed by atoms with E-state index in [1.165, 1.54) is 70.9 Å². The van der Waals surface area contributed by atoms with E-state index in [1.54, 1.807) is 0 Å². The topological polar surface area (TPSA) is 29.3 Å². The Bertz CT molecular complexity index is 256. The van der Waals surface area contributed by atoms with Crippen LogP contribution in [-0.2, 0) is 0 Å². The van der Waals surface area contributed by atoms with Crippen molar-refractivity contribution in [3.05, 3.63) is 0 Å². The first kappa shape index (κ1) is 15.3. The molecule has 1 heterocycles. The minimum atomic E-state index is 0.349. The third-order valence-electron chi connectivity index (χ3n) is 5.38. The van der Waals surface area contributed by atoms with Gasteiger partial charge in [-0.15, -0.1) is 0 Å². The van der Waals surface area contributed by atoms with Crippen LogP contribution in [0.3, 0.4) is 0 Å². The van der Waals surface area contributed by atoms with E-state index in [0.717, 1.165) is 18.4 Å². The molecule has 2 atom stereocenters. The third kappa shape index (κ3) is 3.95. The van der Waals surface area contributed by atoms with Gasteiger partial charge in [-0.1, -0.05) is 39.5 Å².